The van der Waals surface area contributed by atoms with E-state index in [4.69, 9.17) is 0 Å². The van der Waals surface area contributed by atoms with Crippen molar-refractivity contribution in [3.05, 3.63) is 57.1 Å². The van der Waals surface area contributed by atoms with Crippen molar-refractivity contribution in [2.24, 2.45) is 0 Å². The van der Waals surface area contributed by atoms with E-state index >= 15 is 0 Å². The number of imidazole rings is 1. The van der Waals surface area contributed by atoms with Gasteiger partial charge in [0.25, 0.3) is 5.91 Å². The molecule has 0 fully saturated rings. The number of aromatic nitrogens is 2. The van der Waals surface area contributed by atoms with E-state index in [1.807, 2.05) is 34.9 Å². The van der Waals surface area contributed by atoms with Crippen LogP contribution in [0.3, 0.4) is 0 Å². The number of hydrogen-bond donors (Lipinski definition) is 1. The third-order valence-electron chi connectivity index (χ3n) is 2.88. The molecule has 3 rings (SSSR count). The van der Waals surface area contributed by atoms with Crippen molar-refractivity contribution in [1.82, 2.24) is 14.7 Å². The van der Waals surface area contributed by atoms with E-state index < -0.39 is 0 Å². The first-order chi connectivity index (χ1) is 9.72. The van der Waals surface area contributed by atoms with Gasteiger partial charge in [0, 0.05) is 23.8 Å². The number of nitrogens with zero attached hydrogens (tertiary/aromatic N) is 2. The molecule has 0 bridgehead atoms. The molecule has 0 aromatic carbocycles. The van der Waals surface area contributed by atoms with Crippen molar-refractivity contribution in [1.29, 1.82) is 0 Å². The minimum Gasteiger partial charge on any atom is -0.350 e. The number of fused-ring (bicyclic) bond motifs is 1. The van der Waals surface area contributed by atoms with Crippen LogP contribution in [0.1, 0.15) is 15.4 Å². The molecule has 20 heavy (non-hydrogen) atoms. The van der Waals surface area contributed by atoms with Crippen LogP contribution in [0.2, 0.25) is 0 Å². The van der Waals surface area contributed by atoms with Gasteiger partial charge in [0.05, 0.1) is 3.79 Å². The summed E-state index contributed by atoms with van der Waals surface area (Å²) in [5.41, 5.74) is 1.23. The molecule has 0 aliphatic heterocycles. The Kier molecular flexibility index (Phi) is 3.84. The molecule has 6 heteroatoms. The number of rotatable bonds is 4. The van der Waals surface area contributed by atoms with Gasteiger partial charge in [-0.25, -0.2) is 4.98 Å². The van der Waals surface area contributed by atoms with Crippen LogP contribution >= 0.6 is 27.3 Å². The molecule has 0 saturated heterocycles. The van der Waals surface area contributed by atoms with Crippen LogP contribution in [-0.2, 0) is 6.42 Å². The van der Waals surface area contributed by atoms with Gasteiger partial charge in [-0.1, -0.05) is 6.07 Å². The summed E-state index contributed by atoms with van der Waals surface area (Å²) in [6, 6.07) is 9.76. The largest absolute Gasteiger partial charge is 0.350 e. The quantitative estimate of drug-likeness (QED) is 0.786. The highest BCUT2D eigenvalue weighted by molar-refractivity contribution is 9.11. The number of carbonyl (C=O) groups is 1. The zero-order valence-electron chi connectivity index (χ0n) is 10.5. The van der Waals surface area contributed by atoms with E-state index in [1.165, 1.54) is 4.88 Å². The first-order valence-corrected chi connectivity index (χ1v) is 7.79. The number of carbonyl (C=O) groups excluding carboxylic acids is 1. The van der Waals surface area contributed by atoms with Crippen molar-refractivity contribution >= 4 is 38.8 Å². The number of hydrogen-bond acceptors (Lipinski definition) is 3. The average molecular weight is 350 g/mol. The van der Waals surface area contributed by atoms with Crippen molar-refractivity contribution in [3.8, 4) is 0 Å². The van der Waals surface area contributed by atoms with Gasteiger partial charge in [-0.15, -0.1) is 11.3 Å². The van der Waals surface area contributed by atoms with Gasteiger partial charge in [-0.2, -0.15) is 0 Å². The molecule has 4 nitrogen and oxygen atoms in total. The molecule has 0 saturated carbocycles. The second kappa shape index (κ2) is 5.76. The third-order valence-corrected chi connectivity index (χ3v) is 4.57. The molecule has 1 N–H and O–H groups in total. The SMILES string of the molecule is O=C(NCCc1ccc(Br)s1)c1cn2ccccc2n1. The highest BCUT2D eigenvalue weighted by atomic mass is 79.9. The van der Waals surface area contributed by atoms with Crippen LogP contribution in [0.5, 0.6) is 0 Å². The fourth-order valence-electron chi connectivity index (χ4n) is 1.92. The Morgan fingerprint density at radius 2 is 2.25 bits per heavy atom. The van der Waals surface area contributed by atoms with Crippen LogP contribution in [0.4, 0.5) is 0 Å². The lowest BCUT2D eigenvalue weighted by molar-refractivity contribution is 0.0950. The number of amides is 1. The van der Waals surface area contributed by atoms with E-state index in [1.54, 1.807) is 17.5 Å². The molecular formula is C14H12BrN3OS. The Hall–Kier alpha value is -1.66. The van der Waals surface area contributed by atoms with E-state index in [0.29, 0.717) is 12.2 Å². The summed E-state index contributed by atoms with van der Waals surface area (Å²) in [5, 5.41) is 2.89. The van der Waals surface area contributed by atoms with Crippen molar-refractivity contribution in [2.75, 3.05) is 6.54 Å². The topological polar surface area (TPSA) is 46.4 Å². The number of pyridine rings is 1. The third kappa shape index (κ3) is 2.91. The zero-order chi connectivity index (χ0) is 13.9. The number of thiophene rings is 1. The normalized spacial score (nSPS) is 10.8. The van der Waals surface area contributed by atoms with Crippen molar-refractivity contribution < 1.29 is 4.79 Å². The minimum absolute atomic E-state index is 0.135. The molecule has 0 unspecified atom stereocenters. The maximum absolute atomic E-state index is 12.0. The Morgan fingerprint density at radius 1 is 1.35 bits per heavy atom. The molecule has 0 aliphatic carbocycles. The predicted octanol–water partition coefficient (Wildman–Crippen LogP) is 3.13. The summed E-state index contributed by atoms with van der Waals surface area (Å²) in [7, 11) is 0. The monoisotopic (exact) mass is 349 g/mol. The summed E-state index contributed by atoms with van der Waals surface area (Å²) in [6.45, 7) is 0.611. The zero-order valence-corrected chi connectivity index (χ0v) is 12.9. The van der Waals surface area contributed by atoms with Crippen LogP contribution in [0.15, 0.2) is 46.5 Å². The molecule has 0 atom stereocenters. The van der Waals surface area contributed by atoms with Gasteiger partial charge in [0.1, 0.15) is 11.3 Å². The van der Waals surface area contributed by atoms with E-state index in [9.17, 15) is 4.79 Å². The lowest BCUT2D eigenvalue weighted by atomic mass is 10.3. The molecule has 0 radical (unpaired) electrons. The predicted molar refractivity (Wildman–Crippen MR) is 83.2 cm³/mol. The van der Waals surface area contributed by atoms with Gasteiger partial charge < -0.3 is 9.72 Å². The van der Waals surface area contributed by atoms with Gasteiger partial charge in [-0.05, 0) is 46.6 Å². The van der Waals surface area contributed by atoms with Gasteiger partial charge in [-0.3, -0.25) is 4.79 Å². The van der Waals surface area contributed by atoms with Gasteiger partial charge in [0.2, 0.25) is 0 Å². The Labute approximate surface area is 128 Å². The minimum atomic E-state index is -0.135. The lowest BCUT2D eigenvalue weighted by Gasteiger charge is -2.01. The molecule has 0 aliphatic rings. The molecule has 3 aromatic rings. The summed E-state index contributed by atoms with van der Waals surface area (Å²) in [5.74, 6) is -0.135. The first-order valence-electron chi connectivity index (χ1n) is 6.18. The van der Waals surface area contributed by atoms with Crippen LogP contribution in [0.25, 0.3) is 5.65 Å². The van der Waals surface area contributed by atoms with Crippen LogP contribution in [0, 0.1) is 0 Å². The van der Waals surface area contributed by atoms with E-state index in [2.05, 4.69) is 32.3 Å². The number of halogens is 1. The molecule has 102 valence electrons. The molecule has 3 heterocycles. The van der Waals surface area contributed by atoms with Crippen molar-refractivity contribution in [2.45, 2.75) is 6.42 Å². The Bertz CT molecular complexity index is 717. The summed E-state index contributed by atoms with van der Waals surface area (Å²) >= 11 is 5.11. The molecule has 0 spiro atoms. The lowest BCUT2D eigenvalue weighted by Crippen LogP contribution is -2.25. The summed E-state index contributed by atoms with van der Waals surface area (Å²) in [4.78, 5) is 17.5. The van der Waals surface area contributed by atoms with Gasteiger partial charge >= 0.3 is 0 Å². The maximum atomic E-state index is 12.0. The molecule has 3 aromatic heterocycles. The second-order valence-corrected chi connectivity index (χ2v) is 6.85. The highest BCUT2D eigenvalue weighted by Gasteiger charge is 2.09. The van der Waals surface area contributed by atoms with E-state index in [-0.39, 0.29) is 5.91 Å². The van der Waals surface area contributed by atoms with Gasteiger partial charge in [0.15, 0.2) is 0 Å². The molecule has 1 amide bonds. The Balaban J connectivity index is 1.61. The number of nitrogens with one attached hydrogen (secondary N) is 1. The smallest absolute Gasteiger partial charge is 0.271 e. The fraction of sp³-hybridized carbons (Fsp3) is 0.143. The van der Waals surface area contributed by atoms with Crippen LogP contribution < -0.4 is 5.32 Å². The second-order valence-electron chi connectivity index (χ2n) is 4.30. The maximum Gasteiger partial charge on any atom is 0.271 e. The van der Waals surface area contributed by atoms with Crippen molar-refractivity contribution in [3.63, 3.8) is 0 Å². The van der Waals surface area contributed by atoms with E-state index in [0.717, 1.165) is 15.9 Å². The average Bonchev–Trinajstić information content (AvgIpc) is 3.04. The summed E-state index contributed by atoms with van der Waals surface area (Å²) < 4.78 is 2.95. The Morgan fingerprint density at radius 3 is 3.00 bits per heavy atom. The first kappa shape index (κ1) is 13.3. The molecular weight excluding hydrogens is 338 g/mol. The highest BCUT2D eigenvalue weighted by Crippen LogP contribution is 2.22. The van der Waals surface area contributed by atoms with Crippen LogP contribution in [-0.4, -0.2) is 21.8 Å². The fourth-order valence-corrected chi connectivity index (χ4v) is 3.40. The summed E-state index contributed by atoms with van der Waals surface area (Å²) in [6.07, 6.45) is 4.45. The standard InChI is InChI=1S/C14H12BrN3OS/c15-12-5-4-10(20-12)6-7-16-14(19)11-9-18-8-2-1-3-13(18)17-11/h1-5,8-9H,6-7H2,(H,16,19).